The summed E-state index contributed by atoms with van der Waals surface area (Å²) in [6.07, 6.45) is 1.77. The van der Waals surface area contributed by atoms with Gasteiger partial charge in [0, 0.05) is 24.3 Å². The minimum Gasteiger partial charge on any atom is -0.393 e. The number of hydrogen-bond donors (Lipinski definition) is 2. The molecule has 1 saturated heterocycles. The number of hydrogen-bond acceptors (Lipinski definition) is 4. The first-order chi connectivity index (χ1) is 8.97. The van der Waals surface area contributed by atoms with Crippen LogP contribution in [0.25, 0.3) is 0 Å². The topological polar surface area (TPSA) is 62.4 Å². The van der Waals surface area contributed by atoms with E-state index >= 15 is 0 Å². The van der Waals surface area contributed by atoms with E-state index in [0.717, 1.165) is 43.0 Å². The fourth-order valence-electron chi connectivity index (χ4n) is 2.57. The molecule has 1 aliphatic heterocycles. The van der Waals surface area contributed by atoms with E-state index in [0.29, 0.717) is 10.9 Å². The first-order valence-corrected chi connectivity index (χ1v) is 7.09. The molecule has 3 N–H and O–H groups in total. The van der Waals surface area contributed by atoms with E-state index in [4.69, 9.17) is 18.0 Å². The van der Waals surface area contributed by atoms with Gasteiger partial charge in [0.1, 0.15) is 10.8 Å². The Bertz CT molecular complexity index is 468. The second-order valence-electron chi connectivity index (χ2n) is 5.28. The predicted octanol–water partition coefficient (Wildman–Crippen LogP) is 1.62. The summed E-state index contributed by atoms with van der Waals surface area (Å²) >= 11 is 5.03. The summed E-state index contributed by atoms with van der Waals surface area (Å²) in [6, 6.07) is 3.87. The van der Waals surface area contributed by atoms with E-state index < -0.39 is 0 Å². The van der Waals surface area contributed by atoms with E-state index in [2.05, 4.69) is 9.88 Å². The van der Waals surface area contributed by atoms with Gasteiger partial charge in [-0.2, -0.15) is 0 Å². The highest BCUT2D eigenvalue weighted by atomic mass is 32.1. The van der Waals surface area contributed by atoms with Crippen LogP contribution in [0.1, 0.15) is 31.0 Å². The quantitative estimate of drug-likeness (QED) is 0.823. The molecule has 1 aromatic heterocycles. The molecule has 1 unspecified atom stereocenters. The van der Waals surface area contributed by atoms with Crippen molar-refractivity contribution >= 4 is 23.0 Å². The van der Waals surface area contributed by atoms with Gasteiger partial charge in [0.05, 0.1) is 6.10 Å². The fourth-order valence-corrected chi connectivity index (χ4v) is 2.68. The summed E-state index contributed by atoms with van der Waals surface area (Å²) in [5, 5.41) is 9.63. The Morgan fingerprint density at radius 3 is 2.63 bits per heavy atom. The summed E-state index contributed by atoms with van der Waals surface area (Å²) in [4.78, 5) is 7.21. The van der Waals surface area contributed by atoms with E-state index in [9.17, 15) is 5.11 Å². The first-order valence-electron chi connectivity index (χ1n) is 6.69. The van der Waals surface area contributed by atoms with Gasteiger partial charge in [0.15, 0.2) is 0 Å². The molecule has 0 radical (unpaired) electrons. The largest absolute Gasteiger partial charge is 0.393 e. The van der Waals surface area contributed by atoms with E-state index in [-0.39, 0.29) is 6.10 Å². The van der Waals surface area contributed by atoms with E-state index in [1.54, 1.807) is 0 Å². The molecule has 1 aromatic rings. The molecule has 19 heavy (non-hydrogen) atoms. The van der Waals surface area contributed by atoms with Crippen LogP contribution in [0.15, 0.2) is 12.1 Å². The lowest BCUT2D eigenvalue weighted by Crippen LogP contribution is -2.37. The number of piperidine rings is 1. The maximum atomic E-state index is 9.63. The SMILES string of the molecule is Cc1cc(C(N)=S)cc(N2CCC(C(C)O)CC2)n1. The molecule has 1 fully saturated rings. The van der Waals surface area contributed by atoms with Crippen LogP contribution in [0.3, 0.4) is 0 Å². The number of aromatic nitrogens is 1. The van der Waals surface area contributed by atoms with Crippen molar-refractivity contribution in [2.75, 3.05) is 18.0 Å². The lowest BCUT2D eigenvalue weighted by molar-refractivity contribution is 0.110. The second-order valence-corrected chi connectivity index (χ2v) is 5.72. The molecule has 1 aliphatic rings. The molecule has 0 saturated carbocycles. The van der Waals surface area contributed by atoms with Crippen LogP contribution >= 0.6 is 12.2 Å². The van der Waals surface area contributed by atoms with Crippen molar-refractivity contribution in [1.29, 1.82) is 0 Å². The third kappa shape index (κ3) is 3.42. The van der Waals surface area contributed by atoms with Crippen LogP contribution < -0.4 is 10.6 Å². The highest BCUT2D eigenvalue weighted by molar-refractivity contribution is 7.80. The third-order valence-electron chi connectivity index (χ3n) is 3.77. The molecular weight excluding hydrogens is 258 g/mol. The molecule has 2 rings (SSSR count). The van der Waals surface area contributed by atoms with E-state index in [1.807, 2.05) is 26.0 Å². The van der Waals surface area contributed by atoms with Gasteiger partial charge in [0.2, 0.25) is 0 Å². The lowest BCUT2D eigenvalue weighted by atomic mass is 9.92. The molecule has 4 nitrogen and oxygen atoms in total. The van der Waals surface area contributed by atoms with Crippen molar-refractivity contribution in [3.8, 4) is 0 Å². The van der Waals surface area contributed by atoms with Crippen molar-refractivity contribution < 1.29 is 5.11 Å². The summed E-state index contributed by atoms with van der Waals surface area (Å²) < 4.78 is 0. The Hall–Kier alpha value is -1.20. The van der Waals surface area contributed by atoms with Gasteiger partial charge in [-0.1, -0.05) is 12.2 Å². The smallest absolute Gasteiger partial charge is 0.129 e. The number of nitrogens with zero attached hydrogens (tertiary/aromatic N) is 2. The molecule has 104 valence electrons. The van der Waals surface area contributed by atoms with Crippen molar-refractivity contribution in [2.24, 2.45) is 11.7 Å². The Morgan fingerprint density at radius 2 is 2.11 bits per heavy atom. The highest BCUT2D eigenvalue weighted by Gasteiger charge is 2.23. The minimum atomic E-state index is -0.222. The summed E-state index contributed by atoms with van der Waals surface area (Å²) in [6.45, 7) is 5.66. The van der Waals surface area contributed by atoms with Gasteiger partial charge >= 0.3 is 0 Å². The van der Waals surface area contributed by atoms with Crippen molar-refractivity contribution in [1.82, 2.24) is 4.98 Å². The summed E-state index contributed by atoms with van der Waals surface area (Å²) in [5.41, 5.74) is 7.49. The Kier molecular flexibility index (Phi) is 4.37. The van der Waals surface area contributed by atoms with Crippen molar-refractivity contribution in [3.63, 3.8) is 0 Å². The molecule has 0 bridgehead atoms. The zero-order chi connectivity index (χ0) is 14.0. The minimum absolute atomic E-state index is 0.222. The molecule has 2 heterocycles. The molecule has 5 heteroatoms. The molecule has 0 amide bonds. The average molecular weight is 279 g/mol. The number of rotatable bonds is 3. The molecule has 0 spiro atoms. The normalized spacial score (nSPS) is 18.4. The molecular formula is C14H21N3OS. The molecule has 0 aliphatic carbocycles. The van der Waals surface area contributed by atoms with Crippen LogP contribution in [-0.4, -0.2) is 34.3 Å². The van der Waals surface area contributed by atoms with Gasteiger partial charge < -0.3 is 15.7 Å². The van der Waals surface area contributed by atoms with Gasteiger partial charge in [-0.15, -0.1) is 0 Å². The maximum Gasteiger partial charge on any atom is 0.129 e. The number of aliphatic hydroxyl groups excluding tert-OH is 1. The number of thiocarbonyl (C=S) groups is 1. The highest BCUT2D eigenvalue weighted by Crippen LogP contribution is 2.25. The lowest BCUT2D eigenvalue weighted by Gasteiger charge is -2.34. The average Bonchev–Trinajstić information content (AvgIpc) is 2.38. The van der Waals surface area contributed by atoms with Gasteiger partial charge in [-0.25, -0.2) is 4.98 Å². The maximum absolute atomic E-state index is 9.63. The number of aliphatic hydroxyl groups is 1. The number of pyridine rings is 1. The fraction of sp³-hybridized carbons (Fsp3) is 0.571. The second kappa shape index (κ2) is 5.84. The predicted molar refractivity (Wildman–Crippen MR) is 81.5 cm³/mol. The van der Waals surface area contributed by atoms with Crippen molar-refractivity contribution in [3.05, 3.63) is 23.4 Å². The van der Waals surface area contributed by atoms with Crippen LogP contribution in [0, 0.1) is 12.8 Å². The van der Waals surface area contributed by atoms with Crippen molar-refractivity contribution in [2.45, 2.75) is 32.8 Å². The van der Waals surface area contributed by atoms with Crippen LogP contribution in [-0.2, 0) is 0 Å². The zero-order valence-electron chi connectivity index (χ0n) is 11.5. The Labute approximate surface area is 119 Å². The molecule has 1 atom stereocenters. The van der Waals surface area contributed by atoms with Gasteiger partial charge in [-0.05, 0) is 44.7 Å². The molecule has 0 aromatic carbocycles. The van der Waals surface area contributed by atoms with Crippen LogP contribution in [0.4, 0.5) is 5.82 Å². The first kappa shape index (κ1) is 14.2. The number of aryl methyl sites for hydroxylation is 1. The van der Waals surface area contributed by atoms with Gasteiger partial charge in [0.25, 0.3) is 0 Å². The number of nitrogens with two attached hydrogens (primary N) is 1. The third-order valence-corrected chi connectivity index (χ3v) is 4.01. The zero-order valence-corrected chi connectivity index (χ0v) is 12.3. The monoisotopic (exact) mass is 279 g/mol. The standard InChI is InChI=1S/C14H21N3OS/c1-9-7-12(14(15)19)8-13(16-9)17-5-3-11(4-6-17)10(2)18/h7-8,10-11,18H,3-6H2,1-2H3,(H2,15,19). The summed E-state index contributed by atoms with van der Waals surface area (Å²) in [5.74, 6) is 1.34. The van der Waals surface area contributed by atoms with Crippen LogP contribution in [0.5, 0.6) is 0 Å². The van der Waals surface area contributed by atoms with E-state index in [1.165, 1.54) is 0 Å². The summed E-state index contributed by atoms with van der Waals surface area (Å²) in [7, 11) is 0. The number of anilines is 1. The Morgan fingerprint density at radius 1 is 1.47 bits per heavy atom. The van der Waals surface area contributed by atoms with Crippen LogP contribution in [0.2, 0.25) is 0 Å². The Balaban J connectivity index is 2.13. The van der Waals surface area contributed by atoms with Gasteiger partial charge in [-0.3, -0.25) is 0 Å².